The molecule has 122 valence electrons. The minimum absolute atomic E-state index is 0.300. The molecule has 3 aromatic carbocycles. The Labute approximate surface area is 142 Å². The van der Waals surface area contributed by atoms with Crippen LogP contribution in [0, 0.1) is 0 Å². The Balaban J connectivity index is 1.83. The van der Waals surface area contributed by atoms with Crippen LogP contribution in [-0.2, 0) is 17.2 Å². The maximum absolute atomic E-state index is 11.5. The molecule has 0 unspecified atom stereocenters. The van der Waals surface area contributed by atoms with Crippen LogP contribution in [0.5, 0.6) is 11.5 Å². The van der Waals surface area contributed by atoms with Gasteiger partial charge in [0.1, 0.15) is 11.5 Å². The molecule has 0 fully saturated rings. The van der Waals surface area contributed by atoms with E-state index in [4.69, 9.17) is 4.74 Å². The highest BCUT2D eigenvalue weighted by molar-refractivity contribution is 7.72. The van der Waals surface area contributed by atoms with Gasteiger partial charge in [0.25, 0.3) is 0 Å². The smallest absolute Gasteiger partial charge is 0.168 e. The van der Waals surface area contributed by atoms with E-state index in [1.165, 1.54) is 0 Å². The third-order valence-corrected chi connectivity index (χ3v) is 4.31. The van der Waals surface area contributed by atoms with Crippen LogP contribution >= 0.6 is 0 Å². The summed E-state index contributed by atoms with van der Waals surface area (Å²) in [6.07, 6.45) is 0. The van der Waals surface area contributed by atoms with Crippen molar-refractivity contribution in [1.29, 1.82) is 0 Å². The third kappa shape index (κ3) is 4.14. The summed E-state index contributed by atoms with van der Waals surface area (Å²) in [5, 5.41) is 3.22. The fourth-order valence-corrected chi connectivity index (χ4v) is 2.90. The average Bonchev–Trinajstić information content (AvgIpc) is 2.61. The third-order valence-electron chi connectivity index (χ3n) is 3.48. The van der Waals surface area contributed by atoms with Crippen LogP contribution in [0.25, 0.3) is 0 Å². The molecule has 0 aliphatic carbocycles. The molecular weight excluding hydrogens is 322 g/mol. The van der Waals surface area contributed by atoms with Crippen molar-refractivity contribution in [3.63, 3.8) is 0 Å². The summed E-state index contributed by atoms with van der Waals surface area (Å²) in [5.74, 6) is 1.31. The number of anilines is 1. The van der Waals surface area contributed by atoms with Crippen molar-refractivity contribution in [1.82, 2.24) is 0 Å². The van der Waals surface area contributed by atoms with E-state index in [1.54, 1.807) is 18.2 Å². The zero-order valence-electron chi connectivity index (χ0n) is 12.9. The van der Waals surface area contributed by atoms with Crippen LogP contribution in [0.3, 0.4) is 0 Å². The number of nitrogens with one attached hydrogen (secondary N) is 1. The maximum Gasteiger partial charge on any atom is 0.168 e. The largest absolute Gasteiger partial charge is 0.457 e. The molecule has 0 spiro atoms. The van der Waals surface area contributed by atoms with Crippen molar-refractivity contribution < 1.29 is 13.2 Å². The Hall–Kier alpha value is -2.79. The molecule has 0 heterocycles. The Morgan fingerprint density at radius 1 is 0.792 bits per heavy atom. The number of thiol groups is 1. The predicted molar refractivity (Wildman–Crippen MR) is 95.3 cm³/mol. The van der Waals surface area contributed by atoms with E-state index in [-0.39, 0.29) is 0 Å². The van der Waals surface area contributed by atoms with Crippen LogP contribution in [0.2, 0.25) is 0 Å². The van der Waals surface area contributed by atoms with Crippen LogP contribution in [0.4, 0.5) is 5.69 Å². The summed E-state index contributed by atoms with van der Waals surface area (Å²) in [5.41, 5.74) is 1.60. The highest BCUT2D eigenvalue weighted by Crippen LogP contribution is 2.25. The summed E-state index contributed by atoms with van der Waals surface area (Å²) in [4.78, 5) is 0.300. The summed E-state index contributed by atoms with van der Waals surface area (Å²) >= 11 is 0. The second-order valence-corrected chi connectivity index (χ2v) is 6.18. The van der Waals surface area contributed by atoms with Gasteiger partial charge in [0.2, 0.25) is 0 Å². The lowest BCUT2D eigenvalue weighted by molar-refractivity contribution is 0.481. The fourth-order valence-electron chi connectivity index (χ4n) is 2.32. The Kier molecular flexibility index (Phi) is 5.13. The van der Waals surface area contributed by atoms with Crippen molar-refractivity contribution in [3.05, 3.63) is 84.4 Å². The first-order valence-electron chi connectivity index (χ1n) is 7.51. The lowest BCUT2D eigenvalue weighted by atomic mass is 10.2. The van der Waals surface area contributed by atoms with E-state index in [9.17, 15) is 8.42 Å². The number of hydrogen-bond acceptors (Lipinski definition) is 4. The van der Waals surface area contributed by atoms with Crippen LogP contribution in [-0.4, -0.2) is 8.42 Å². The molecule has 5 heteroatoms. The molecule has 3 rings (SSSR count). The first-order valence-corrected chi connectivity index (χ1v) is 8.69. The summed E-state index contributed by atoms with van der Waals surface area (Å²) in [7, 11) is -2.66. The first-order chi connectivity index (χ1) is 11.7. The van der Waals surface area contributed by atoms with Gasteiger partial charge in [-0.25, -0.2) is 8.42 Å². The number of rotatable bonds is 6. The van der Waals surface area contributed by atoms with E-state index in [1.807, 2.05) is 60.7 Å². The highest BCUT2D eigenvalue weighted by atomic mass is 32.2. The molecule has 0 saturated carbocycles. The Morgan fingerprint density at radius 3 is 2.12 bits per heavy atom. The molecule has 1 N–H and O–H groups in total. The van der Waals surface area contributed by atoms with Crippen molar-refractivity contribution in [2.45, 2.75) is 11.4 Å². The first kappa shape index (κ1) is 16.1. The van der Waals surface area contributed by atoms with Gasteiger partial charge in [0.15, 0.2) is 10.7 Å². The zero-order valence-corrected chi connectivity index (χ0v) is 13.8. The van der Waals surface area contributed by atoms with Crippen molar-refractivity contribution in [3.8, 4) is 11.5 Å². The molecule has 0 amide bonds. The van der Waals surface area contributed by atoms with Crippen LogP contribution in [0.1, 0.15) is 5.56 Å². The van der Waals surface area contributed by atoms with Crippen molar-refractivity contribution in [2.75, 3.05) is 5.32 Å². The summed E-state index contributed by atoms with van der Waals surface area (Å²) in [6, 6.07) is 24.0. The van der Waals surface area contributed by atoms with E-state index in [0.29, 0.717) is 28.5 Å². The number of hydrogen-bond donors (Lipinski definition) is 2. The lowest BCUT2D eigenvalue weighted by Gasteiger charge is -2.11. The molecule has 0 radical (unpaired) electrons. The Bertz CT molecular complexity index is 870. The van der Waals surface area contributed by atoms with Crippen molar-refractivity contribution >= 4 is 16.4 Å². The molecule has 0 aromatic heterocycles. The molecule has 0 saturated heterocycles. The van der Waals surface area contributed by atoms with Gasteiger partial charge in [-0.15, -0.1) is 0 Å². The van der Waals surface area contributed by atoms with Gasteiger partial charge in [-0.3, -0.25) is 0 Å². The molecular formula is C19H17NO3S. The number of benzene rings is 3. The normalized spacial score (nSPS) is 10.5. The Morgan fingerprint density at radius 2 is 1.46 bits per heavy atom. The standard InChI is InChI=1S/C19H17NO3S/c21-24(22)19-12-11-18(23-17-9-5-2-6-10-17)13-15(19)14-20-16-7-3-1-4-8-16/h1-13,20,24H,14H2. The molecule has 0 aliphatic rings. The second-order valence-electron chi connectivity index (χ2n) is 5.18. The molecule has 0 atom stereocenters. The van der Waals surface area contributed by atoms with E-state index in [2.05, 4.69) is 5.32 Å². The minimum Gasteiger partial charge on any atom is -0.457 e. The van der Waals surface area contributed by atoms with E-state index < -0.39 is 10.7 Å². The van der Waals surface area contributed by atoms with Crippen molar-refractivity contribution in [2.24, 2.45) is 0 Å². The maximum atomic E-state index is 11.5. The van der Waals surface area contributed by atoms with Crippen LogP contribution in [0.15, 0.2) is 83.8 Å². The SMILES string of the molecule is O=[SH](=O)c1ccc(Oc2ccccc2)cc1CNc1ccccc1. The van der Waals surface area contributed by atoms with Gasteiger partial charge < -0.3 is 10.1 Å². The van der Waals surface area contributed by atoms with Gasteiger partial charge in [0.05, 0.1) is 4.90 Å². The quantitative estimate of drug-likeness (QED) is 0.665. The molecule has 0 bridgehead atoms. The van der Waals surface area contributed by atoms with Gasteiger partial charge >= 0.3 is 0 Å². The molecule has 0 aliphatic heterocycles. The minimum atomic E-state index is -2.66. The average molecular weight is 339 g/mol. The molecule has 24 heavy (non-hydrogen) atoms. The van der Waals surface area contributed by atoms with Gasteiger partial charge in [-0.2, -0.15) is 0 Å². The van der Waals surface area contributed by atoms with E-state index in [0.717, 1.165) is 5.69 Å². The van der Waals surface area contributed by atoms with Gasteiger partial charge in [0, 0.05) is 12.2 Å². The summed E-state index contributed by atoms with van der Waals surface area (Å²) in [6.45, 7) is 0.397. The molecule has 3 aromatic rings. The number of para-hydroxylation sites is 2. The summed E-state index contributed by atoms with van der Waals surface area (Å²) < 4.78 is 28.7. The van der Waals surface area contributed by atoms with E-state index >= 15 is 0 Å². The predicted octanol–water partition coefficient (Wildman–Crippen LogP) is 4.06. The fraction of sp³-hybridized carbons (Fsp3) is 0.0526. The zero-order chi connectivity index (χ0) is 16.8. The number of ether oxygens (including phenoxy) is 1. The highest BCUT2D eigenvalue weighted by Gasteiger charge is 2.08. The monoisotopic (exact) mass is 339 g/mol. The van der Waals surface area contributed by atoms with Gasteiger partial charge in [-0.1, -0.05) is 36.4 Å². The van der Waals surface area contributed by atoms with Gasteiger partial charge in [-0.05, 0) is 48.0 Å². The van der Waals surface area contributed by atoms with Crippen LogP contribution < -0.4 is 10.1 Å². The second kappa shape index (κ2) is 7.66. The topological polar surface area (TPSA) is 55.4 Å². The molecule has 4 nitrogen and oxygen atoms in total. The lowest BCUT2D eigenvalue weighted by Crippen LogP contribution is -2.02.